The van der Waals surface area contributed by atoms with Crippen molar-refractivity contribution in [2.45, 2.75) is 141 Å². The van der Waals surface area contributed by atoms with Gasteiger partial charge in [-0.05, 0) is 85.5 Å². The molecule has 0 aromatic heterocycles. The van der Waals surface area contributed by atoms with Gasteiger partial charge in [0.15, 0.2) is 11.9 Å². The molecular weight excluding hydrogens is 682 g/mol. The number of carbonyl (C=O) groups is 3. The van der Waals surface area contributed by atoms with E-state index < -0.39 is 71.7 Å². The number of benzene rings is 1. The number of aryl methyl sites for hydroxylation is 1. The van der Waals surface area contributed by atoms with Crippen LogP contribution in [0.4, 0.5) is 4.79 Å². The van der Waals surface area contributed by atoms with Crippen molar-refractivity contribution in [3.63, 3.8) is 0 Å². The molecule has 4 rings (SSSR count). The largest absolute Gasteiger partial charge is 0.508 e. The monoisotopic (exact) mass is 745 g/mol. The second kappa shape index (κ2) is 17.6. The fourth-order valence-corrected chi connectivity index (χ4v) is 8.64. The van der Waals surface area contributed by atoms with Crippen LogP contribution in [0.2, 0.25) is 0 Å². The lowest BCUT2D eigenvalue weighted by Crippen LogP contribution is -2.60. The molecule has 3 aliphatic rings. The molecule has 0 spiro atoms. The number of para-hydroxylation sites is 1. The Bertz CT molecular complexity index is 1470. The van der Waals surface area contributed by atoms with Gasteiger partial charge in [0, 0.05) is 43.0 Å². The number of phenols is 1. The number of likely N-dealkylation sites (N-methyl/N-ethyl adjacent to an activating group) is 1. The number of aliphatic hydroxyl groups is 1. The van der Waals surface area contributed by atoms with Crippen molar-refractivity contribution in [1.29, 1.82) is 0 Å². The minimum absolute atomic E-state index is 0.129. The molecule has 1 amide bonds. The minimum atomic E-state index is -1.37. The van der Waals surface area contributed by atoms with Crippen LogP contribution in [0.5, 0.6) is 5.75 Å². The molecule has 2 saturated heterocycles. The number of esters is 1. The van der Waals surface area contributed by atoms with Gasteiger partial charge < -0.3 is 38.8 Å². The number of nitrogens with one attached hydrogen (secondary N) is 1. The smallest absolute Gasteiger partial charge is 0.425 e. The number of hydrazine groups is 1. The van der Waals surface area contributed by atoms with Crippen molar-refractivity contribution in [3.05, 3.63) is 41.5 Å². The second-order valence-corrected chi connectivity index (χ2v) is 16.0. The summed E-state index contributed by atoms with van der Waals surface area (Å²) < 4.78 is 31.3. The SMILES string of the molecule is CC[C@H]1OC(=O)/C(C)=C/[C@H](C)[C@@H](O[C@@H]2O[C@H](C)C[C@H](N(C)C)[C@H]2O)[C@](C)(OC)C[C@@H](C)C(=O)[C@H](C)[C@H]2N(NCCCc3ccccc3O)C(=O)O[C@]12C. The predicted octanol–water partition coefficient (Wildman–Crippen LogP) is 4.77. The second-order valence-electron chi connectivity index (χ2n) is 16.0. The third-order valence-corrected chi connectivity index (χ3v) is 11.6. The quantitative estimate of drug-likeness (QED) is 0.223. The Morgan fingerprint density at radius 1 is 1.09 bits per heavy atom. The Labute approximate surface area is 315 Å². The van der Waals surface area contributed by atoms with Gasteiger partial charge in [0.2, 0.25) is 0 Å². The lowest BCUT2D eigenvalue weighted by Gasteiger charge is -2.46. The molecular formula is C40H63N3O10. The first-order valence-electron chi connectivity index (χ1n) is 19.0. The summed E-state index contributed by atoms with van der Waals surface area (Å²) in [5, 5.41) is 23.0. The highest BCUT2D eigenvalue weighted by Gasteiger charge is 2.60. The molecule has 3 aliphatic heterocycles. The lowest BCUT2D eigenvalue weighted by atomic mass is 9.74. The Morgan fingerprint density at radius 2 is 1.77 bits per heavy atom. The topological polar surface area (TPSA) is 156 Å². The van der Waals surface area contributed by atoms with Crippen LogP contribution in [-0.4, -0.2) is 120 Å². The number of phenolic OH excluding ortho intramolecular Hbond substituents is 1. The van der Waals surface area contributed by atoms with Crippen molar-refractivity contribution < 1.29 is 48.3 Å². The molecule has 298 valence electrons. The van der Waals surface area contributed by atoms with Crippen LogP contribution in [0.15, 0.2) is 35.9 Å². The lowest BCUT2D eigenvalue weighted by molar-refractivity contribution is -0.294. The maximum atomic E-state index is 14.6. The molecule has 53 heavy (non-hydrogen) atoms. The van der Waals surface area contributed by atoms with Crippen molar-refractivity contribution in [2.24, 2.45) is 17.8 Å². The van der Waals surface area contributed by atoms with Crippen LogP contribution in [0, 0.1) is 17.8 Å². The highest BCUT2D eigenvalue weighted by atomic mass is 16.7. The van der Waals surface area contributed by atoms with Crippen LogP contribution in [0.1, 0.15) is 86.6 Å². The van der Waals surface area contributed by atoms with Crippen molar-refractivity contribution in [1.82, 2.24) is 15.3 Å². The summed E-state index contributed by atoms with van der Waals surface area (Å²) in [6.07, 6.45) is -0.366. The molecule has 3 N–H and O–H groups in total. The van der Waals surface area contributed by atoms with Crippen molar-refractivity contribution >= 4 is 17.8 Å². The molecule has 3 heterocycles. The van der Waals surface area contributed by atoms with Gasteiger partial charge in [0.25, 0.3) is 0 Å². The van der Waals surface area contributed by atoms with Gasteiger partial charge in [-0.25, -0.2) is 20.0 Å². The van der Waals surface area contributed by atoms with E-state index in [1.165, 1.54) is 5.01 Å². The number of nitrogens with zero attached hydrogens (tertiary/aromatic N) is 2. The number of hydrogen-bond acceptors (Lipinski definition) is 12. The standard InChI is InChI=1S/C40H63N3O10/c1-12-31-40(8)34(43(38(48)53-40)41-19-15-17-28-16-13-14-18-30(28)44)27(6)32(45)25(4)22-39(7,49-11)35(23(2)20-24(3)36(47)51-31)52-37-33(46)29(42(9)10)21-26(5)50-37/h13-14,16,18,20,23,25-27,29,31,33-35,37,41,44,46H,12,15,17,19,21-22H2,1-11H3/b24-20+/t23-,25+,26+,27-,29-,31+,33+,34+,35+,37-,39+,40+/m0/s1. The molecule has 13 heteroatoms. The molecule has 12 atom stereocenters. The number of fused-ring (bicyclic) bond motifs is 1. The van der Waals surface area contributed by atoms with E-state index in [2.05, 4.69) is 5.43 Å². The van der Waals surface area contributed by atoms with Crippen LogP contribution in [0.25, 0.3) is 0 Å². The third kappa shape index (κ3) is 9.25. The molecule has 1 aromatic rings. The first-order valence-corrected chi connectivity index (χ1v) is 19.0. The minimum Gasteiger partial charge on any atom is -0.508 e. The fourth-order valence-electron chi connectivity index (χ4n) is 8.64. The first kappa shape index (κ1) is 42.7. The number of Topliss-reactive ketones (excluding diaryl/α,β-unsaturated/α-hetero) is 1. The van der Waals surface area contributed by atoms with E-state index in [4.69, 9.17) is 23.7 Å². The number of rotatable bonds is 10. The van der Waals surface area contributed by atoms with E-state index in [9.17, 15) is 24.6 Å². The van der Waals surface area contributed by atoms with Gasteiger partial charge in [0.1, 0.15) is 29.8 Å². The van der Waals surface area contributed by atoms with E-state index in [0.29, 0.717) is 37.8 Å². The van der Waals surface area contributed by atoms with Gasteiger partial charge in [-0.3, -0.25) is 4.79 Å². The van der Waals surface area contributed by atoms with Gasteiger partial charge >= 0.3 is 12.1 Å². The Hall–Kier alpha value is -3.07. The van der Waals surface area contributed by atoms with Gasteiger partial charge in [-0.2, -0.15) is 0 Å². The molecule has 0 unspecified atom stereocenters. The van der Waals surface area contributed by atoms with E-state index in [1.54, 1.807) is 46.1 Å². The molecule has 0 bridgehead atoms. The van der Waals surface area contributed by atoms with E-state index in [1.807, 2.05) is 65.7 Å². The predicted molar refractivity (Wildman–Crippen MR) is 199 cm³/mol. The van der Waals surface area contributed by atoms with Crippen LogP contribution < -0.4 is 5.43 Å². The van der Waals surface area contributed by atoms with Crippen molar-refractivity contribution in [2.75, 3.05) is 27.7 Å². The summed E-state index contributed by atoms with van der Waals surface area (Å²) >= 11 is 0. The molecule has 0 aliphatic carbocycles. The molecule has 2 fully saturated rings. The molecule has 0 saturated carbocycles. The third-order valence-electron chi connectivity index (χ3n) is 11.6. The van der Waals surface area contributed by atoms with Gasteiger partial charge in [0.05, 0.1) is 17.8 Å². The fraction of sp³-hybridized carbons (Fsp3) is 0.725. The highest BCUT2D eigenvalue weighted by Crippen LogP contribution is 2.42. The summed E-state index contributed by atoms with van der Waals surface area (Å²) in [4.78, 5) is 44.0. The molecule has 0 radical (unpaired) electrons. The number of ether oxygens (including phenoxy) is 5. The van der Waals surface area contributed by atoms with Gasteiger partial charge in [-0.1, -0.05) is 52.0 Å². The average Bonchev–Trinajstić information content (AvgIpc) is 3.37. The van der Waals surface area contributed by atoms with Crippen LogP contribution in [-0.2, 0) is 39.7 Å². The summed E-state index contributed by atoms with van der Waals surface area (Å²) in [5.41, 5.74) is 1.85. The van der Waals surface area contributed by atoms with E-state index in [-0.39, 0.29) is 30.1 Å². The number of aromatic hydroxyl groups is 1. The Balaban J connectivity index is 1.70. The van der Waals surface area contributed by atoms with Gasteiger partial charge in [-0.15, -0.1) is 0 Å². The summed E-state index contributed by atoms with van der Waals surface area (Å²) in [7, 11) is 5.38. The van der Waals surface area contributed by atoms with Crippen LogP contribution >= 0.6 is 0 Å². The zero-order valence-corrected chi connectivity index (χ0v) is 33.5. The number of ketones is 1. The van der Waals surface area contributed by atoms with Crippen molar-refractivity contribution in [3.8, 4) is 5.75 Å². The average molecular weight is 746 g/mol. The molecule has 13 nitrogen and oxygen atoms in total. The number of amides is 1. The maximum Gasteiger partial charge on any atom is 0.425 e. The summed E-state index contributed by atoms with van der Waals surface area (Å²) in [6.45, 7) is 14.9. The van der Waals surface area contributed by atoms with E-state index in [0.717, 1.165) is 5.56 Å². The highest BCUT2D eigenvalue weighted by molar-refractivity contribution is 5.88. The van der Waals surface area contributed by atoms with E-state index >= 15 is 0 Å². The maximum absolute atomic E-state index is 14.6. The molecule has 1 aromatic carbocycles. The zero-order valence-electron chi connectivity index (χ0n) is 33.5. The Kier molecular flexibility index (Phi) is 14.2. The number of carbonyl (C=O) groups excluding carboxylic acids is 3. The summed E-state index contributed by atoms with van der Waals surface area (Å²) in [5.74, 6) is -2.30. The van der Waals surface area contributed by atoms with Crippen LogP contribution in [0.3, 0.4) is 0 Å². The number of methoxy groups -OCH3 is 1. The first-order chi connectivity index (χ1) is 24.9. The summed E-state index contributed by atoms with van der Waals surface area (Å²) in [6, 6.07) is 6.06. The number of aliphatic hydroxyl groups excluding tert-OH is 1. The number of cyclic esters (lactones) is 1. The normalized spacial score (nSPS) is 38.5. The Morgan fingerprint density at radius 3 is 2.40 bits per heavy atom. The number of hydrogen-bond donors (Lipinski definition) is 3. The zero-order chi connectivity index (χ0) is 39.4.